The highest BCUT2D eigenvalue weighted by atomic mass is 16.3. The minimum absolute atomic E-state index is 0.248. The van der Waals surface area contributed by atoms with Gasteiger partial charge in [0.1, 0.15) is 0 Å². The molecule has 1 rings (SSSR count). The minimum Gasteiger partial charge on any atom is -0.504 e. The lowest BCUT2D eigenvalue weighted by Crippen LogP contribution is -2.41. The summed E-state index contributed by atoms with van der Waals surface area (Å²) in [5.41, 5.74) is 0.351. The maximum atomic E-state index is 11.4. The Morgan fingerprint density at radius 2 is 2.00 bits per heavy atom. The molecule has 7 heteroatoms. The number of hydrogen-bond donors (Lipinski definition) is 5. The van der Waals surface area contributed by atoms with E-state index in [4.69, 9.17) is 5.11 Å². The number of carbonyl (C=O) groups is 1. The van der Waals surface area contributed by atoms with Crippen LogP contribution in [-0.4, -0.2) is 36.3 Å². The molecule has 2 amide bonds. The minimum atomic E-state index is -0.509. The molecule has 0 heterocycles. The Bertz CT molecular complexity index is 445. The highest BCUT2D eigenvalue weighted by Gasteiger charge is 2.06. The first-order valence-electron chi connectivity index (χ1n) is 4.81. The van der Waals surface area contributed by atoms with Gasteiger partial charge in [0.2, 0.25) is 0 Å². The smallest absolute Gasteiger partial charge is 0.325 e. The van der Waals surface area contributed by atoms with Crippen molar-refractivity contribution < 1.29 is 15.0 Å². The van der Waals surface area contributed by atoms with Crippen LogP contribution < -0.4 is 16.0 Å². The Morgan fingerprint density at radius 3 is 2.53 bits per heavy atom. The van der Waals surface area contributed by atoms with Gasteiger partial charge in [0.25, 0.3) is 0 Å². The molecule has 0 fully saturated rings. The molecule has 0 unspecified atom stereocenters. The van der Waals surface area contributed by atoms with Gasteiger partial charge in [-0.15, -0.1) is 0 Å². The zero-order valence-corrected chi connectivity index (χ0v) is 9.48. The molecule has 7 nitrogen and oxygen atoms in total. The standard InChI is InChI=1S/C10H14N4O3/c1-11-9(12-2)14-10(17)13-6-3-4-7(15)8(16)5-6/h3-5,15-16H,1-2H3,(H3,11,12,13,14,17). The van der Waals surface area contributed by atoms with Gasteiger partial charge < -0.3 is 20.8 Å². The summed E-state index contributed by atoms with van der Waals surface area (Å²) < 4.78 is 0. The van der Waals surface area contributed by atoms with Crippen LogP contribution in [0.15, 0.2) is 23.2 Å². The fourth-order valence-electron chi connectivity index (χ4n) is 1.10. The normalized spacial score (nSPS) is 10.8. The maximum absolute atomic E-state index is 11.4. The van der Waals surface area contributed by atoms with Crippen LogP contribution >= 0.6 is 0 Å². The van der Waals surface area contributed by atoms with Crippen molar-refractivity contribution in [3.63, 3.8) is 0 Å². The Hall–Kier alpha value is -2.44. The number of guanidine groups is 1. The first-order valence-corrected chi connectivity index (χ1v) is 4.81. The van der Waals surface area contributed by atoms with Crippen LogP contribution in [0.1, 0.15) is 0 Å². The number of carbonyl (C=O) groups excluding carboxylic acids is 1. The van der Waals surface area contributed by atoms with Crippen molar-refractivity contribution in [2.24, 2.45) is 4.99 Å². The van der Waals surface area contributed by atoms with Gasteiger partial charge in [-0.05, 0) is 12.1 Å². The zero-order valence-electron chi connectivity index (χ0n) is 9.48. The molecule has 0 aliphatic carbocycles. The summed E-state index contributed by atoms with van der Waals surface area (Å²) in [4.78, 5) is 15.2. The molecule has 5 N–H and O–H groups in total. The van der Waals surface area contributed by atoms with Crippen LogP contribution in [0, 0.1) is 0 Å². The third kappa shape index (κ3) is 3.56. The third-order valence-electron chi connectivity index (χ3n) is 1.93. The van der Waals surface area contributed by atoms with E-state index in [0.29, 0.717) is 11.6 Å². The molecule has 92 valence electrons. The van der Waals surface area contributed by atoms with Crippen molar-refractivity contribution in [3.05, 3.63) is 18.2 Å². The molecule has 17 heavy (non-hydrogen) atoms. The summed E-state index contributed by atoms with van der Waals surface area (Å²) in [6.45, 7) is 0. The maximum Gasteiger partial charge on any atom is 0.325 e. The van der Waals surface area contributed by atoms with Crippen LogP contribution in [-0.2, 0) is 0 Å². The fraction of sp³-hybridized carbons (Fsp3) is 0.200. The number of benzene rings is 1. The second-order valence-electron chi connectivity index (χ2n) is 3.10. The molecule has 0 saturated heterocycles. The van der Waals surface area contributed by atoms with Crippen molar-refractivity contribution in [2.75, 3.05) is 19.4 Å². The van der Waals surface area contributed by atoms with E-state index < -0.39 is 6.03 Å². The molecule has 1 aromatic rings. The number of aromatic hydroxyl groups is 2. The average molecular weight is 238 g/mol. The van der Waals surface area contributed by atoms with Gasteiger partial charge in [-0.2, -0.15) is 0 Å². The first kappa shape index (κ1) is 12.6. The molecule has 0 atom stereocenters. The number of amides is 2. The largest absolute Gasteiger partial charge is 0.504 e. The van der Waals surface area contributed by atoms with E-state index in [-0.39, 0.29) is 11.5 Å². The van der Waals surface area contributed by atoms with Crippen LogP contribution in [0.2, 0.25) is 0 Å². The van der Waals surface area contributed by atoms with E-state index in [1.165, 1.54) is 25.2 Å². The molecular weight excluding hydrogens is 224 g/mol. The van der Waals surface area contributed by atoms with Crippen LogP contribution in [0.5, 0.6) is 11.5 Å². The number of aliphatic imine (C=N–C) groups is 1. The predicted octanol–water partition coefficient (Wildman–Crippen LogP) is 0.424. The SMILES string of the molecule is CN=C(NC)NC(=O)Nc1ccc(O)c(O)c1. The lowest BCUT2D eigenvalue weighted by Gasteiger charge is -2.09. The number of urea groups is 1. The molecular formula is C10H14N4O3. The van der Waals surface area contributed by atoms with E-state index in [0.717, 1.165) is 0 Å². The van der Waals surface area contributed by atoms with Crippen molar-refractivity contribution in [1.29, 1.82) is 0 Å². The number of hydrogen-bond acceptors (Lipinski definition) is 4. The molecule has 0 bridgehead atoms. The highest BCUT2D eigenvalue weighted by Crippen LogP contribution is 2.27. The Kier molecular flexibility index (Phi) is 4.15. The van der Waals surface area contributed by atoms with Crippen LogP contribution in [0.3, 0.4) is 0 Å². The number of nitrogens with one attached hydrogen (secondary N) is 3. The Morgan fingerprint density at radius 1 is 1.29 bits per heavy atom. The molecule has 0 spiro atoms. The summed E-state index contributed by atoms with van der Waals surface area (Å²) in [5.74, 6) is -0.242. The van der Waals surface area contributed by atoms with Gasteiger partial charge in [-0.25, -0.2) is 4.79 Å². The molecule has 0 aromatic heterocycles. The summed E-state index contributed by atoms with van der Waals surface area (Å²) in [6.07, 6.45) is 0. The molecule has 0 radical (unpaired) electrons. The molecule has 0 aliphatic rings. The van der Waals surface area contributed by atoms with Crippen molar-refractivity contribution in [1.82, 2.24) is 10.6 Å². The summed E-state index contributed by atoms with van der Waals surface area (Å²) in [5, 5.41) is 25.9. The van der Waals surface area contributed by atoms with E-state index in [1.807, 2.05) is 0 Å². The van der Waals surface area contributed by atoms with E-state index in [2.05, 4.69) is 20.9 Å². The van der Waals surface area contributed by atoms with Crippen LogP contribution in [0.4, 0.5) is 10.5 Å². The number of anilines is 1. The second kappa shape index (κ2) is 5.59. The Balaban J connectivity index is 2.65. The molecule has 0 aliphatic heterocycles. The number of rotatable bonds is 1. The summed E-state index contributed by atoms with van der Waals surface area (Å²) >= 11 is 0. The van der Waals surface area contributed by atoms with Gasteiger partial charge in [0.15, 0.2) is 17.5 Å². The first-order chi connectivity index (χ1) is 8.06. The highest BCUT2D eigenvalue weighted by molar-refractivity contribution is 6.02. The lowest BCUT2D eigenvalue weighted by molar-refractivity contribution is 0.256. The average Bonchev–Trinajstić information content (AvgIpc) is 2.31. The van der Waals surface area contributed by atoms with Crippen molar-refractivity contribution >= 4 is 17.7 Å². The quantitative estimate of drug-likeness (QED) is 0.211. The lowest BCUT2D eigenvalue weighted by atomic mass is 10.3. The number of nitrogens with zero attached hydrogens (tertiary/aromatic N) is 1. The molecule has 1 aromatic carbocycles. The molecule has 0 saturated carbocycles. The monoisotopic (exact) mass is 238 g/mol. The van der Waals surface area contributed by atoms with E-state index in [9.17, 15) is 9.90 Å². The Labute approximate surface area is 98.2 Å². The topological polar surface area (TPSA) is 106 Å². The summed E-state index contributed by atoms with van der Waals surface area (Å²) in [6, 6.07) is 3.45. The number of phenolic OH excluding ortho intramolecular Hbond substituents is 2. The second-order valence-corrected chi connectivity index (χ2v) is 3.10. The predicted molar refractivity (Wildman–Crippen MR) is 64.3 cm³/mol. The third-order valence-corrected chi connectivity index (χ3v) is 1.93. The van der Waals surface area contributed by atoms with Crippen LogP contribution in [0.25, 0.3) is 0 Å². The van der Waals surface area contributed by atoms with Crippen molar-refractivity contribution in [2.45, 2.75) is 0 Å². The van der Waals surface area contributed by atoms with Gasteiger partial charge >= 0.3 is 6.03 Å². The van der Waals surface area contributed by atoms with Gasteiger partial charge in [-0.3, -0.25) is 10.3 Å². The van der Waals surface area contributed by atoms with E-state index >= 15 is 0 Å². The van der Waals surface area contributed by atoms with Gasteiger partial charge in [0.05, 0.1) is 0 Å². The van der Waals surface area contributed by atoms with E-state index in [1.54, 1.807) is 7.05 Å². The fourth-order valence-corrected chi connectivity index (χ4v) is 1.10. The summed E-state index contributed by atoms with van der Waals surface area (Å²) in [7, 11) is 3.15. The van der Waals surface area contributed by atoms with Gasteiger partial charge in [0, 0.05) is 25.8 Å². The van der Waals surface area contributed by atoms with Crippen molar-refractivity contribution in [3.8, 4) is 11.5 Å². The number of phenols is 2. The van der Waals surface area contributed by atoms with Gasteiger partial charge in [-0.1, -0.05) is 0 Å². The zero-order chi connectivity index (χ0) is 12.8.